The Morgan fingerprint density at radius 3 is 2.56 bits per heavy atom. The lowest BCUT2D eigenvalue weighted by atomic mass is 9.90. The Labute approximate surface area is 164 Å². The number of rotatable bonds is 10. The highest BCUT2D eigenvalue weighted by molar-refractivity contribution is 5.93. The number of hydrogen-bond acceptors (Lipinski definition) is 3. The van der Waals surface area contributed by atoms with Gasteiger partial charge in [-0.3, -0.25) is 4.98 Å². The fourth-order valence-electron chi connectivity index (χ4n) is 4.20. The number of nitrogens with zero attached hydrogens (tertiary/aromatic N) is 1. The van der Waals surface area contributed by atoms with Crippen molar-refractivity contribution in [1.29, 1.82) is 0 Å². The third-order valence-corrected chi connectivity index (χ3v) is 5.71. The van der Waals surface area contributed by atoms with E-state index in [1.54, 1.807) is 0 Å². The Bertz CT molecular complexity index is 728. The Hall–Kier alpha value is -1.61. The standard InChI is InChI=1S/C24H36N2O/c1-4-7-9-11-19-15-13-18-14-16-21-22(27-6-3)17-20(12-10-8-5-2)26-24(21)23(18)25-19/h13-16,20,22,26H,4-12,17H2,1-3H3. The van der Waals surface area contributed by atoms with E-state index in [4.69, 9.17) is 9.72 Å². The van der Waals surface area contributed by atoms with Crippen molar-refractivity contribution in [3.8, 4) is 0 Å². The Morgan fingerprint density at radius 1 is 1.00 bits per heavy atom. The van der Waals surface area contributed by atoms with Crippen molar-refractivity contribution < 1.29 is 4.74 Å². The van der Waals surface area contributed by atoms with Gasteiger partial charge in [-0.15, -0.1) is 0 Å². The number of aryl methyl sites for hydroxylation is 1. The summed E-state index contributed by atoms with van der Waals surface area (Å²) in [6.45, 7) is 7.37. The van der Waals surface area contributed by atoms with Crippen LogP contribution >= 0.6 is 0 Å². The molecule has 2 atom stereocenters. The lowest BCUT2D eigenvalue weighted by Gasteiger charge is -2.33. The molecule has 0 bridgehead atoms. The second kappa shape index (κ2) is 10.1. The Balaban J connectivity index is 1.90. The van der Waals surface area contributed by atoms with Gasteiger partial charge in [0.05, 0.1) is 17.3 Å². The Kier molecular flexibility index (Phi) is 7.51. The van der Waals surface area contributed by atoms with Crippen molar-refractivity contribution in [3.63, 3.8) is 0 Å². The first-order valence-electron chi connectivity index (χ1n) is 11.1. The maximum atomic E-state index is 6.14. The molecule has 2 aromatic rings. The van der Waals surface area contributed by atoms with Gasteiger partial charge in [-0.1, -0.05) is 64.2 Å². The van der Waals surface area contributed by atoms with Gasteiger partial charge in [0, 0.05) is 29.3 Å². The molecule has 1 aliphatic heterocycles. The highest BCUT2D eigenvalue weighted by atomic mass is 16.5. The zero-order chi connectivity index (χ0) is 19.1. The lowest BCUT2D eigenvalue weighted by molar-refractivity contribution is 0.0493. The number of hydrogen-bond donors (Lipinski definition) is 1. The minimum Gasteiger partial charge on any atom is -0.380 e. The van der Waals surface area contributed by atoms with E-state index in [2.05, 4.69) is 50.4 Å². The largest absolute Gasteiger partial charge is 0.380 e. The molecule has 3 heteroatoms. The van der Waals surface area contributed by atoms with E-state index in [1.165, 1.54) is 67.3 Å². The van der Waals surface area contributed by atoms with Crippen LogP contribution in [0.15, 0.2) is 24.3 Å². The first kappa shape index (κ1) is 20.1. The summed E-state index contributed by atoms with van der Waals surface area (Å²) in [5, 5.41) is 5.07. The van der Waals surface area contributed by atoms with Crippen LogP contribution in [0.25, 0.3) is 10.9 Å². The van der Waals surface area contributed by atoms with Gasteiger partial charge < -0.3 is 10.1 Å². The summed E-state index contributed by atoms with van der Waals surface area (Å²) in [7, 11) is 0. The zero-order valence-corrected chi connectivity index (χ0v) is 17.4. The third kappa shape index (κ3) is 5.01. The van der Waals surface area contributed by atoms with E-state index in [0.29, 0.717) is 6.04 Å². The maximum Gasteiger partial charge on any atom is 0.0940 e. The number of nitrogens with one attached hydrogen (secondary N) is 1. The molecule has 2 heterocycles. The molecule has 0 aliphatic carbocycles. The quantitative estimate of drug-likeness (QED) is 0.468. The van der Waals surface area contributed by atoms with Crippen molar-refractivity contribution in [2.45, 2.75) is 90.7 Å². The van der Waals surface area contributed by atoms with Crippen LogP contribution in [0.3, 0.4) is 0 Å². The second-order valence-corrected chi connectivity index (χ2v) is 7.88. The first-order chi connectivity index (χ1) is 13.3. The number of aromatic nitrogens is 1. The van der Waals surface area contributed by atoms with Crippen LogP contribution in [0.5, 0.6) is 0 Å². The second-order valence-electron chi connectivity index (χ2n) is 7.88. The normalized spacial score (nSPS) is 19.1. The zero-order valence-electron chi connectivity index (χ0n) is 17.4. The molecule has 2 unspecified atom stereocenters. The molecule has 3 nitrogen and oxygen atoms in total. The van der Waals surface area contributed by atoms with Crippen LogP contribution < -0.4 is 5.32 Å². The van der Waals surface area contributed by atoms with Crippen LogP contribution in [0, 0.1) is 0 Å². The molecule has 148 valence electrons. The number of unbranched alkanes of at least 4 members (excludes halogenated alkanes) is 4. The number of fused-ring (bicyclic) bond motifs is 3. The summed E-state index contributed by atoms with van der Waals surface area (Å²) in [5.41, 5.74) is 4.85. The van der Waals surface area contributed by atoms with Crippen molar-refractivity contribution >= 4 is 16.6 Å². The number of benzene rings is 1. The first-order valence-corrected chi connectivity index (χ1v) is 11.1. The van der Waals surface area contributed by atoms with E-state index in [0.717, 1.165) is 25.0 Å². The summed E-state index contributed by atoms with van der Waals surface area (Å²) < 4.78 is 6.14. The third-order valence-electron chi connectivity index (χ3n) is 5.71. The average Bonchev–Trinajstić information content (AvgIpc) is 2.68. The SMILES string of the molecule is CCCCCc1ccc2ccc3c(c2n1)NC(CCCCC)CC3OCC. The van der Waals surface area contributed by atoms with Gasteiger partial charge in [-0.05, 0) is 38.7 Å². The fraction of sp³-hybridized carbons (Fsp3) is 0.625. The predicted molar refractivity (Wildman–Crippen MR) is 116 cm³/mol. The number of ether oxygens (including phenoxy) is 1. The molecule has 1 aromatic heterocycles. The van der Waals surface area contributed by atoms with Gasteiger partial charge in [0.1, 0.15) is 0 Å². The fourth-order valence-corrected chi connectivity index (χ4v) is 4.20. The van der Waals surface area contributed by atoms with E-state index >= 15 is 0 Å². The maximum absolute atomic E-state index is 6.14. The van der Waals surface area contributed by atoms with E-state index < -0.39 is 0 Å². The lowest BCUT2D eigenvalue weighted by Crippen LogP contribution is -2.29. The molecule has 0 saturated heterocycles. The summed E-state index contributed by atoms with van der Waals surface area (Å²) in [6, 6.07) is 9.37. The van der Waals surface area contributed by atoms with Crippen LogP contribution in [0.2, 0.25) is 0 Å². The molecule has 0 fully saturated rings. The average molecular weight is 369 g/mol. The monoisotopic (exact) mass is 368 g/mol. The van der Waals surface area contributed by atoms with Gasteiger partial charge in [-0.2, -0.15) is 0 Å². The summed E-state index contributed by atoms with van der Waals surface area (Å²) in [5.74, 6) is 0. The smallest absolute Gasteiger partial charge is 0.0940 e. The van der Waals surface area contributed by atoms with E-state index in [9.17, 15) is 0 Å². The van der Waals surface area contributed by atoms with Crippen LogP contribution in [0.1, 0.15) is 89.5 Å². The van der Waals surface area contributed by atoms with Crippen molar-refractivity contribution in [2.24, 2.45) is 0 Å². The molecule has 1 aromatic carbocycles. The van der Waals surface area contributed by atoms with Gasteiger partial charge in [-0.25, -0.2) is 0 Å². The number of pyridine rings is 1. The molecular weight excluding hydrogens is 332 g/mol. The highest BCUT2D eigenvalue weighted by Gasteiger charge is 2.28. The minimum absolute atomic E-state index is 0.188. The molecule has 1 aliphatic rings. The molecule has 27 heavy (non-hydrogen) atoms. The van der Waals surface area contributed by atoms with Crippen LogP contribution in [-0.4, -0.2) is 17.6 Å². The van der Waals surface area contributed by atoms with Crippen molar-refractivity contribution in [2.75, 3.05) is 11.9 Å². The van der Waals surface area contributed by atoms with Crippen LogP contribution in [0.4, 0.5) is 5.69 Å². The number of anilines is 1. The highest BCUT2D eigenvalue weighted by Crippen LogP contribution is 2.40. The van der Waals surface area contributed by atoms with E-state index in [1.807, 2.05) is 0 Å². The minimum atomic E-state index is 0.188. The van der Waals surface area contributed by atoms with Gasteiger partial charge in [0.25, 0.3) is 0 Å². The Morgan fingerprint density at radius 2 is 1.78 bits per heavy atom. The van der Waals surface area contributed by atoms with Crippen molar-refractivity contribution in [3.05, 3.63) is 35.5 Å². The van der Waals surface area contributed by atoms with Gasteiger partial charge in [0.15, 0.2) is 0 Å². The molecule has 0 saturated carbocycles. The summed E-state index contributed by atoms with van der Waals surface area (Å²) >= 11 is 0. The van der Waals surface area contributed by atoms with E-state index in [-0.39, 0.29) is 6.10 Å². The molecule has 0 spiro atoms. The molecule has 0 amide bonds. The molecule has 3 rings (SSSR count). The molecular formula is C24H36N2O. The predicted octanol–water partition coefficient (Wildman–Crippen LogP) is 6.81. The summed E-state index contributed by atoms with van der Waals surface area (Å²) in [4.78, 5) is 5.07. The summed E-state index contributed by atoms with van der Waals surface area (Å²) in [6.07, 6.45) is 11.1. The van der Waals surface area contributed by atoms with Crippen LogP contribution in [-0.2, 0) is 11.2 Å². The molecule has 1 N–H and O–H groups in total. The molecule has 0 radical (unpaired) electrons. The van der Waals surface area contributed by atoms with Crippen molar-refractivity contribution in [1.82, 2.24) is 4.98 Å². The topological polar surface area (TPSA) is 34.2 Å². The van der Waals surface area contributed by atoms with Gasteiger partial charge in [0.2, 0.25) is 0 Å². The van der Waals surface area contributed by atoms with Gasteiger partial charge >= 0.3 is 0 Å².